The molecule has 0 heterocycles. The van der Waals surface area contributed by atoms with Crippen LogP contribution in [0.5, 0.6) is 0 Å². The maximum absolute atomic E-state index is 11.8. The van der Waals surface area contributed by atoms with Gasteiger partial charge in [0.15, 0.2) is 0 Å². The highest BCUT2D eigenvalue weighted by Gasteiger charge is 2.15. The molecule has 16 heavy (non-hydrogen) atoms. The van der Waals surface area contributed by atoms with Crippen LogP contribution in [0.4, 0.5) is 0 Å². The Morgan fingerprint density at radius 2 is 2.06 bits per heavy atom. The first-order valence-electron chi connectivity index (χ1n) is 4.82. The van der Waals surface area contributed by atoms with Gasteiger partial charge in [0, 0.05) is 17.1 Å². The van der Waals surface area contributed by atoms with Gasteiger partial charge in [0.25, 0.3) is 5.91 Å². The number of nitrogens with two attached hydrogens (primary N) is 1. The predicted molar refractivity (Wildman–Crippen MR) is 67.1 cm³/mol. The summed E-state index contributed by atoms with van der Waals surface area (Å²) >= 11 is 11.7. The minimum atomic E-state index is -0.458. The molecule has 1 aromatic rings. The summed E-state index contributed by atoms with van der Waals surface area (Å²) in [5, 5.41) is 3.55. The molecule has 88 valence electrons. The largest absolute Gasteiger partial charge is 0.350 e. The number of benzene rings is 1. The average Bonchev–Trinajstić information content (AvgIpc) is 2.17. The second-order valence-corrected chi connectivity index (χ2v) is 5.14. The molecule has 3 nitrogen and oxygen atoms in total. The first-order valence-corrected chi connectivity index (χ1v) is 5.57. The highest BCUT2D eigenvalue weighted by molar-refractivity contribution is 6.35. The number of halogens is 2. The van der Waals surface area contributed by atoms with E-state index in [1.54, 1.807) is 12.1 Å². The number of rotatable bonds is 3. The Labute approximate surface area is 105 Å². The van der Waals surface area contributed by atoms with E-state index in [0.717, 1.165) is 0 Å². The van der Waals surface area contributed by atoms with Crippen molar-refractivity contribution in [2.75, 3.05) is 6.54 Å². The maximum atomic E-state index is 11.8. The van der Waals surface area contributed by atoms with Gasteiger partial charge >= 0.3 is 0 Å². The fourth-order valence-electron chi connectivity index (χ4n) is 1.07. The molecule has 0 atom stereocenters. The Morgan fingerprint density at radius 3 is 2.62 bits per heavy atom. The molecular weight excluding hydrogens is 247 g/mol. The summed E-state index contributed by atoms with van der Waals surface area (Å²) in [5.74, 6) is -0.272. The van der Waals surface area contributed by atoms with Crippen molar-refractivity contribution in [3.63, 3.8) is 0 Å². The van der Waals surface area contributed by atoms with Gasteiger partial charge in [0.1, 0.15) is 0 Å². The van der Waals surface area contributed by atoms with Gasteiger partial charge < -0.3 is 11.1 Å². The first-order chi connectivity index (χ1) is 7.29. The monoisotopic (exact) mass is 260 g/mol. The van der Waals surface area contributed by atoms with Gasteiger partial charge in [-0.3, -0.25) is 4.79 Å². The molecule has 0 fully saturated rings. The molecule has 0 aromatic heterocycles. The first kappa shape index (κ1) is 13.3. The normalized spacial score (nSPS) is 11.3. The summed E-state index contributed by atoms with van der Waals surface area (Å²) < 4.78 is 0. The average molecular weight is 261 g/mol. The van der Waals surface area contributed by atoms with Gasteiger partial charge in [-0.1, -0.05) is 23.2 Å². The lowest BCUT2D eigenvalue weighted by molar-refractivity contribution is 0.0946. The minimum absolute atomic E-state index is 0.272. The Balaban J connectivity index is 2.77. The summed E-state index contributed by atoms with van der Waals surface area (Å²) in [7, 11) is 0. The van der Waals surface area contributed by atoms with E-state index in [1.807, 2.05) is 13.8 Å². The fraction of sp³-hybridized carbons (Fsp3) is 0.364. The van der Waals surface area contributed by atoms with E-state index in [2.05, 4.69) is 5.32 Å². The van der Waals surface area contributed by atoms with E-state index in [1.165, 1.54) is 6.07 Å². The standard InChI is InChI=1S/C11H14Cl2N2O/c1-11(2,14)6-15-10(16)8-5-7(12)3-4-9(8)13/h3-5H,6,14H2,1-2H3,(H,15,16). The Bertz CT molecular complexity index is 399. The molecule has 0 unspecified atom stereocenters. The summed E-state index contributed by atoms with van der Waals surface area (Å²) in [5.41, 5.74) is 5.66. The van der Waals surface area contributed by atoms with Crippen LogP contribution in [-0.2, 0) is 0 Å². The summed E-state index contributed by atoms with van der Waals surface area (Å²) in [4.78, 5) is 11.8. The Hall–Kier alpha value is -0.770. The molecule has 1 amide bonds. The van der Waals surface area contributed by atoms with Crippen molar-refractivity contribution in [3.8, 4) is 0 Å². The van der Waals surface area contributed by atoms with Crippen molar-refractivity contribution in [1.82, 2.24) is 5.32 Å². The Morgan fingerprint density at radius 1 is 1.44 bits per heavy atom. The van der Waals surface area contributed by atoms with E-state index >= 15 is 0 Å². The van der Waals surface area contributed by atoms with Crippen molar-refractivity contribution in [1.29, 1.82) is 0 Å². The number of carbonyl (C=O) groups is 1. The van der Waals surface area contributed by atoms with Crippen LogP contribution in [0.1, 0.15) is 24.2 Å². The third kappa shape index (κ3) is 4.00. The van der Waals surface area contributed by atoms with Crippen LogP contribution in [0.25, 0.3) is 0 Å². The molecule has 5 heteroatoms. The van der Waals surface area contributed by atoms with Gasteiger partial charge in [-0.25, -0.2) is 0 Å². The second-order valence-electron chi connectivity index (χ2n) is 4.30. The zero-order chi connectivity index (χ0) is 12.3. The highest BCUT2D eigenvalue weighted by atomic mass is 35.5. The van der Waals surface area contributed by atoms with Crippen molar-refractivity contribution in [2.24, 2.45) is 5.73 Å². The quantitative estimate of drug-likeness (QED) is 0.878. The minimum Gasteiger partial charge on any atom is -0.350 e. The molecule has 0 aliphatic rings. The van der Waals surface area contributed by atoms with Gasteiger partial charge in [0.05, 0.1) is 10.6 Å². The number of hydrogen-bond acceptors (Lipinski definition) is 2. The van der Waals surface area contributed by atoms with E-state index < -0.39 is 5.54 Å². The molecule has 0 bridgehead atoms. The maximum Gasteiger partial charge on any atom is 0.252 e. The van der Waals surface area contributed by atoms with E-state index in [9.17, 15) is 4.79 Å². The third-order valence-electron chi connectivity index (χ3n) is 1.88. The zero-order valence-corrected chi connectivity index (χ0v) is 10.7. The number of amides is 1. The van der Waals surface area contributed by atoms with Crippen molar-refractivity contribution in [3.05, 3.63) is 33.8 Å². The molecule has 0 radical (unpaired) electrons. The summed E-state index contributed by atoms with van der Waals surface area (Å²) in [6.45, 7) is 4.02. The van der Waals surface area contributed by atoms with Gasteiger partial charge in [-0.05, 0) is 32.0 Å². The molecule has 0 saturated heterocycles. The van der Waals surface area contributed by atoms with Crippen LogP contribution in [-0.4, -0.2) is 18.0 Å². The number of nitrogens with one attached hydrogen (secondary N) is 1. The predicted octanol–water partition coefficient (Wildman–Crippen LogP) is 2.46. The molecule has 3 N–H and O–H groups in total. The molecule has 0 spiro atoms. The Kier molecular flexibility index (Phi) is 4.19. The fourth-order valence-corrected chi connectivity index (χ4v) is 1.45. The van der Waals surface area contributed by atoms with Gasteiger partial charge in [0.2, 0.25) is 0 Å². The van der Waals surface area contributed by atoms with Crippen LogP contribution in [0.2, 0.25) is 10.0 Å². The molecule has 0 aliphatic heterocycles. The van der Waals surface area contributed by atoms with E-state index in [4.69, 9.17) is 28.9 Å². The van der Waals surface area contributed by atoms with Crippen molar-refractivity contribution in [2.45, 2.75) is 19.4 Å². The van der Waals surface area contributed by atoms with E-state index in [0.29, 0.717) is 22.2 Å². The van der Waals surface area contributed by atoms with Gasteiger partial charge in [-0.2, -0.15) is 0 Å². The molecule has 0 saturated carbocycles. The molecule has 1 rings (SSSR count). The number of carbonyl (C=O) groups excluding carboxylic acids is 1. The van der Waals surface area contributed by atoms with Crippen molar-refractivity contribution < 1.29 is 4.79 Å². The second kappa shape index (κ2) is 5.04. The lowest BCUT2D eigenvalue weighted by atomic mass is 10.1. The lowest BCUT2D eigenvalue weighted by Crippen LogP contribution is -2.45. The summed E-state index contributed by atoms with van der Waals surface area (Å²) in [6, 6.07) is 4.75. The molecular formula is C11H14Cl2N2O. The highest BCUT2D eigenvalue weighted by Crippen LogP contribution is 2.20. The third-order valence-corrected chi connectivity index (χ3v) is 2.44. The smallest absolute Gasteiger partial charge is 0.252 e. The van der Waals surface area contributed by atoms with Gasteiger partial charge in [-0.15, -0.1) is 0 Å². The van der Waals surface area contributed by atoms with Crippen LogP contribution >= 0.6 is 23.2 Å². The van der Waals surface area contributed by atoms with E-state index in [-0.39, 0.29) is 5.91 Å². The van der Waals surface area contributed by atoms with Crippen LogP contribution in [0, 0.1) is 0 Å². The molecule has 1 aromatic carbocycles. The lowest BCUT2D eigenvalue weighted by Gasteiger charge is -2.19. The van der Waals surface area contributed by atoms with Crippen LogP contribution < -0.4 is 11.1 Å². The zero-order valence-electron chi connectivity index (χ0n) is 9.18. The summed E-state index contributed by atoms with van der Waals surface area (Å²) in [6.07, 6.45) is 0. The molecule has 0 aliphatic carbocycles. The SMILES string of the molecule is CC(C)(N)CNC(=O)c1cc(Cl)ccc1Cl. The van der Waals surface area contributed by atoms with Crippen molar-refractivity contribution >= 4 is 29.1 Å². The number of hydrogen-bond donors (Lipinski definition) is 2. The topological polar surface area (TPSA) is 55.1 Å². The van der Waals surface area contributed by atoms with Crippen LogP contribution in [0.15, 0.2) is 18.2 Å². The van der Waals surface area contributed by atoms with Crippen LogP contribution in [0.3, 0.4) is 0 Å².